The molecule has 7 nitrogen and oxygen atoms in total. The number of nitrogens with one attached hydrogen (secondary N) is 1. The summed E-state index contributed by atoms with van der Waals surface area (Å²) in [5.74, 6) is -2.00. The second-order valence-corrected chi connectivity index (χ2v) is 8.47. The fraction of sp³-hybridized carbons (Fsp3) is 0.0400. The van der Waals surface area contributed by atoms with Gasteiger partial charge in [0.05, 0.1) is 11.3 Å². The van der Waals surface area contributed by atoms with Crippen molar-refractivity contribution in [3.63, 3.8) is 0 Å². The first-order chi connectivity index (χ1) is 15.8. The minimum absolute atomic E-state index is 0.175. The number of para-hydroxylation sites is 1. The summed E-state index contributed by atoms with van der Waals surface area (Å²) in [6.07, 6.45) is 1.31. The average Bonchev–Trinajstić information content (AvgIpc) is 2.79. The number of aryl methyl sites for hydroxylation is 1. The molecule has 0 saturated carbocycles. The number of benzene rings is 3. The molecule has 4 rings (SSSR count). The van der Waals surface area contributed by atoms with Gasteiger partial charge in [0.25, 0.3) is 11.8 Å². The quantitative estimate of drug-likeness (QED) is 0.169. The van der Waals surface area contributed by atoms with E-state index in [4.69, 9.17) is 4.74 Å². The van der Waals surface area contributed by atoms with E-state index < -0.39 is 23.8 Å². The summed E-state index contributed by atoms with van der Waals surface area (Å²) in [6.45, 7) is 1.91. The molecule has 33 heavy (non-hydrogen) atoms. The van der Waals surface area contributed by atoms with E-state index in [1.54, 1.807) is 72.8 Å². The highest BCUT2D eigenvalue weighted by atomic mass is 127. The Hall–Kier alpha value is -3.79. The van der Waals surface area contributed by atoms with E-state index in [0.717, 1.165) is 14.0 Å². The van der Waals surface area contributed by atoms with Crippen molar-refractivity contribution in [3.05, 3.63) is 98.6 Å². The molecule has 1 saturated heterocycles. The average molecular weight is 552 g/mol. The van der Waals surface area contributed by atoms with Gasteiger partial charge < -0.3 is 4.74 Å². The third-order valence-corrected chi connectivity index (χ3v) is 5.61. The molecule has 1 aliphatic rings. The number of carbonyl (C=O) groups excluding carboxylic acids is 4. The molecule has 0 spiro atoms. The van der Waals surface area contributed by atoms with Crippen LogP contribution in [0, 0.1) is 10.5 Å². The molecule has 164 valence electrons. The van der Waals surface area contributed by atoms with Crippen LogP contribution in [0.15, 0.2) is 78.4 Å². The second-order valence-electron chi connectivity index (χ2n) is 7.23. The summed E-state index contributed by atoms with van der Waals surface area (Å²) in [5.41, 5.74) is 1.78. The number of nitrogens with zero attached hydrogens (tertiary/aromatic N) is 1. The second kappa shape index (κ2) is 9.37. The van der Waals surface area contributed by atoms with Gasteiger partial charge in [-0.1, -0.05) is 35.9 Å². The van der Waals surface area contributed by atoms with Crippen molar-refractivity contribution < 1.29 is 23.9 Å². The lowest BCUT2D eigenvalue weighted by atomic mass is 10.1. The molecule has 0 bridgehead atoms. The van der Waals surface area contributed by atoms with Crippen LogP contribution in [0.5, 0.6) is 5.75 Å². The number of amides is 4. The zero-order valence-electron chi connectivity index (χ0n) is 17.4. The maximum Gasteiger partial charge on any atom is 0.343 e. The number of esters is 1. The Morgan fingerprint density at radius 2 is 1.61 bits per heavy atom. The Bertz CT molecular complexity index is 1300. The Morgan fingerprint density at radius 3 is 2.30 bits per heavy atom. The van der Waals surface area contributed by atoms with Crippen molar-refractivity contribution >= 4 is 58.2 Å². The van der Waals surface area contributed by atoms with Crippen molar-refractivity contribution in [3.8, 4) is 5.75 Å². The van der Waals surface area contributed by atoms with Gasteiger partial charge in [-0.05, 0) is 78.1 Å². The van der Waals surface area contributed by atoms with Gasteiger partial charge in [-0.25, -0.2) is 14.5 Å². The Morgan fingerprint density at radius 1 is 0.939 bits per heavy atom. The molecule has 0 atom stereocenters. The predicted octanol–water partition coefficient (Wildman–Crippen LogP) is 4.49. The molecule has 1 aliphatic heterocycles. The Labute approximate surface area is 203 Å². The molecule has 1 fully saturated rings. The molecule has 0 aliphatic carbocycles. The molecule has 1 N–H and O–H groups in total. The lowest BCUT2D eigenvalue weighted by Crippen LogP contribution is -2.54. The summed E-state index contributed by atoms with van der Waals surface area (Å²) in [6, 6.07) is 19.3. The van der Waals surface area contributed by atoms with Crippen LogP contribution in [0.2, 0.25) is 0 Å². The summed E-state index contributed by atoms with van der Waals surface area (Å²) in [4.78, 5) is 51.4. The molecule has 3 aromatic rings. The van der Waals surface area contributed by atoms with Crippen LogP contribution < -0.4 is 15.0 Å². The van der Waals surface area contributed by atoms with Crippen LogP contribution in [0.3, 0.4) is 0 Å². The normalized spacial score (nSPS) is 14.9. The molecule has 8 heteroatoms. The van der Waals surface area contributed by atoms with Gasteiger partial charge in [0.2, 0.25) is 0 Å². The van der Waals surface area contributed by atoms with Gasteiger partial charge in [-0.15, -0.1) is 0 Å². The lowest BCUT2D eigenvalue weighted by molar-refractivity contribution is -0.122. The molecule has 0 aromatic heterocycles. The highest BCUT2D eigenvalue weighted by molar-refractivity contribution is 14.1. The topological polar surface area (TPSA) is 92.8 Å². The van der Waals surface area contributed by atoms with Crippen molar-refractivity contribution in [1.82, 2.24) is 5.32 Å². The molecular formula is C25H17IN2O5. The largest absolute Gasteiger partial charge is 0.422 e. The molecule has 3 aromatic carbocycles. The Kier molecular flexibility index (Phi) is 6.36. The zero-order valence-corrected chi connectivity index (χ0v) is 19.5. The van der Waals surface area contributed by atoms with Gasteiger partial charge in [-0.3, -0.25) is 14.9 Å². The number of barbiturate groups is 1. The first-order valence-corrected chi connectivity index (χ1v) is 11.0. The number of rotatable bonds is 4. The molecule has 4 amide bonds. The van der Waals surface area contributed by atoms with E-state index in [-0.39, 0.29) is 11.3 Å². The van der Waals surface area contributed by atoms with E-state index >= 15 is 0 Å². The minimum Gasteiger partial charge on any atom is -0.422 e. The number of hydrogen-bond donors (Lipinski definition) is 1. The Balaban J connectivity index is 1.66. The van der Waals surface area contributed by atoms with Gasteiger partial charge in [-0.2, -0.15) is 0 Å². The van der Waals surface area contributed by atoms with Crippen LogP contribution in [-0.2, 0) is 9.59 Å². The first-order valence-electron chi connectivity index (χ1n) is 9.88. The van der Waals surface area contributed by atoms with E-state index in [1.807, 2.05) is 6.92 Å². The standard InChI is InChI=1S/C25H17IN2O5/c1-15-6-8-16(9-7-15)24(31)33-21-5-3-2-4-17(21)14-20-22(29)27-25(32)28(23(20)30)19-12-10-18(26)11-13-19/h2-14H,1H3,(H,27,29,32)/b20-14-. The number of carbonyl (C=O) groups is 4. The van der Waals surface area contributed by atoms with Crippen molar-refractivity contribution in [2.45, 2.75) is 6.92 Å². The molecule has 0 unspecified atom stereocenters. The third kappa shape index (κ3) is 4.85. The number of hydrogen-bond acceptors (Lipinski definition) is 5. The van der Waals surface area contributed by atoms with Crippen LogP contribution in [-0.4, -0.2) is 23.8 Å². The molecule has 1 heterocycles. The van der Waals surface area contributed by atoms with Crippen LogP contribution >= 0.6 is 22.6 Å². The van der Waals surface area contributed by atoms with Gasteiger partial charge >= 0.3 is 12.0 Å². The maximum atomic E-state index is 13.1. The van der Waals surface area contributed by atoms with Gasteiger partial charge in [0.15, 0.2) is 0 Å². The van der Waals surface area contributed by atoms with Crippen molar-refractivity contribution in [1.29, 1.82) is 0 Å². The summed E-state index contributed by atoms with van der Waals surface area (Å²) in [5, 5.41) is 2.18. The monoisotopic (exact) mass is 552 g/mol. The maximum absolute atomic E-state index is 13.1. The number of ether oxygens (including phenoxy) is 1. The SMILES string of the molecule is Cc1ccc(C(=O)Oc2ccccc2/C=C2/C(=O)NC(=O)N(c3ccc(I)cc3)C2=O)cc1. The van der Waals surface area contributed by atoms with Crippen LogP contribution in [0.4, 0.5) is 10.5 Å². The number of urea groups is 1. The zero-order chi connectivity index (χ0) is 23.5. The van der Waals surface area contributed by atoms with Crippen molar-refractivity contribution in [2.75, 3.05) is 4.90 Å². The minimum atomic E-state index is -0.831. The van der Waals surface area contributed by atoms with E-state index in [2.05, 4.69) is 27.9 Å². The van der Waals surface area contributed by atoms with Crippen LogP contribution in [0.25, 0.3) is 6.08 Å². The molecule has 0 radical (unpaired) electrons. The van der Waals surface area contributed by atoms with E-state index in [9.17, 15) is 19.2 Å². The van der Waals surface area contributed by atoms with Gasteiger partial charge in [0.1, 0.15) is 11.3 Å². The fourth-order valence-corrected chi connectivity index (χ4v) is 3.54. The van der Waals surface area contributed by atoms with E-state index in [1.165, 1.54) is 6.08 Å². The van der Waals surface area contributed by atoms with E-state index in [0.29, 0.717) is 16.8 Å². The molecular weight excluding hydrogens is 535 g/mol. The highest BCUT2D eigenvalue weighted by Gasteiger charge is 2.37. The summed E-state index contributed by atoms with van der Waals surface area (Å²) >= 11 is 2.11. The fourth-order valence-electron chi connectivity index (χ4n) is 3.18. The van der Waals surface area contributed by atoms with Gasteiger partial charge in [0, 0.05) is 9.13 Å². The van der Waals surface area contributed by atoms with Crippen LogP contribution in [0.1, 0.15) is 21.5 Å². The first kappa shape index (κ1) is 22.4. The number of imide groups is 2. The smallest absolute Gasteiger partial charge is 0.343 e. The number of anilines is 1. The summed E-state index contributed by atoms with van der Waals surface area (Å²) < 4.78 is 6.45. The lowest BCUT2D eigenvalue weighted by Gasteiger charge is -2.26. The number of halogens is 1. The highest BCUT2D eigenvalue weighted by Crippen LogP contribution is 2.26. The third-order valence-electron chi connectivity index (χ3n) is 4.90. The summed E-state index contributed by atoms with van der Waals surface area (Å²) in [7, 11) is 0. The van der Waals surface area contributed by atoms with Crippen molar-refractivity contribution in [2.24, 2.45) is 0 Å². The predicted molar refractivity (Wildman–Crippen MR) is 131 cm³/mol.